The first-order chi connectivity index (χ1) is 15.4. The van der Waals surface area contributed by atoms with Gasteiger partial charge in [0.15, 0.2) is 0 Å². The molecule has 1 aliphatic carbocycles. The van der Waals surface area contributed by atoms with Gasteiger partial charge in [-0.05, 0) is 45.1 Å². The van der Waals surface area contributed by atoms with E-state index in [4.69, 9.17) is 4.74 Å². The normalized spacial score (nSPS) is 27.6. The summed E-state index contributed by atoms with van der Waals surface area (Å²) in [5.41, 5.74) is 0.153. The predicted octanol–water partition coefficient (Wildman–Crippen LogP) is 1.70. The summed E-state index contributed by atoms with van der Waals surface area (Å²) in [7, 11) is 0. The third-order valence-electron chi connectivity index (χ3n) is 7.32. The molecule has 3 atom stereocenters. The second-order valence-electron chi connectivity index (χ2n) is 9.59. The molecule has 1 aliphatic heterocycles. The maximum absolute atomic E-state index is 13.2. The fraction of sp³-hybridized carbons (Fsp3) is 0.625. The molecule has 1 amide bonds. The molecule has 2 fully saturated rings. The lowest BCUT2D eigenvalue weighted by Crippen LogP contribution is -2.49. The Kier molecular flexibility index (Phi) is 6.93. The largest absolute Gasteiger partial charge is 0.391 e. The van der Waals surface area contributed by atoms with Crippen LogP contribution in [0.2, 0.25) is 0 Å². The van der Waals surface area contributed by atoms with Crippen LogP contribution in [0, 0.1) is 0 Å². The number of morpholine rings is 1. The number of hydrogen-bond acceptors (Lipinski definition) is 6. The molecule has 0 bridgehead atoms. The third-order valence-corrected chi connectivity index (χ3v) is 7.32. The average Bonchev–Trinajstić information content (AvgIpc) is 3.32. The summed E-state index contributed by atoms with van der Waals surface area (Å²) in [5, 5.41) is 18.4. The van der Waals surface area contributed by atoms with Crippen LogP contribution in [0.4, 0.5) is 0 Å². The highest BCUT2D eigenvalue weighted by Gasteiger charge is 2.41. The molecule has 1 aromatic heterocycles. The first-order valence-electron chi connectivity index (χ1n) is 11.6. The lowest BCUT2D eigenvalue weighted by Gasteiger charge is -2.37. The molecule has 1 aromatic carbocycles. The van der Waals surface area contributed by atoms with Gasteiger partial charge in [0.1, 0.15) is 18.2 Å². The maximum Gasteiger partial charge on any atom is 0.247 e. The Balaban J connectivity index is 1.53. The molecule has 0 radical (unpaired) electrons. The summed E-state index contributed by atoms with van der Waals surface area (Å²) in [4.78, 5) is 19.5. The summed E-state index contributed by atoms with van der Waals surface area (Å²) in [6, 6.07) is 10.6. The van der Waals surface area contributed by atoms with Crippen LogP contribution in [0.15, 0.2) is 43.0 Å². The van der Waals surface area contributed by atoms with Crippen LogP contribution in [0.25, 0.3) is 0 Å². The Morgan fingerprint density at radius 1 is 1.22 bits per heavy atom. The van der Waals surface area contributed by atoms with Crippen molar-refractivity contribution >= 4 is 5.91 Å². The van der Waals surface area contributed by atoms with Crippen molar-refractivity contribution in [1.82, 2.24) is 25.0 Å². The van der Waals surface area contributed by atoms with E-state index in [1.54, 1.807) is 11.0 Å². The van der Waals surface area contributed by atoms with Gasteiger partial charge in [0, 0.05) is 31.1 Å². The molecule has 8 nitrogen and oxygen atoms in total. The van der Waals surface area contributed by atoms with Gasteiger partial charge in [0.25, 0.3) is 0 Å². The van der Waals surface area contributed by atoms with Crippen LogP contribution in [0.1, 0.15) is 45.1 Å². The fourth-order valence-electron chi connectivity index (χ4n) is 5.12. The SMILES string of the molecule is CC(C)(C(=O)NC[C@]1(c2ccccc2)CC[C@@H](O)[C@H](N2CCOCC2)CC1)n1cncn1. The predicted molar refractivity (Wildman–Crippen MR) is 121 cm³/mol. The highest BCUT2D eigenvalue weighted by Crippen LogP contribution is 2.39. The van der Waals surface area contributed by atoms with Gasteiger partial charge in [-0.15, -0.1) is 0 Å². The highest BCUT2D eigenvalue weighted by molar-refractivity contribution is 5.83. The third kappa shape index (κ3) is 4.72. The number of nitrogens with zero attached hydrogens (tertiary/aromatic N) is 4. The Morgan fingerprint density at radius 2 is 1.94 bits per heavy atom. The Bertz CT molecular complexity index is 867. The lowest BCUT2D eigenvalue weighted by atomic mass is 9.74. The molecule has 1 saturated carbocycles. The minimum atomic E-state index is -0.838. The van der Waals surface area contributed by atoms with Crippen molar-refractivity contribution in [3.05, 3.63) is 48.5 Å². The van der Waals surface area contributed by atoms with E-state index in [2.05, 4.69) is 44.6 Å². The van der Waals surface area contributed by atoms with Gasteiger partial charge in [-0.3, -0.25) is 9.69 Å². The van der Waals surface area contributed by atoms with Crippen LogP contribution in [0.5, 0.6) is 0 Å². The number of amides is 1. The van der Waals surface area contributed by atoms with Gasteiger partial charge in [0.05, 0.1) is 19.3 Å². The Hall–Kier alpha value is -2.29. The summed E-state index contributed by atoms with van der Waals surface area (Å²) < 4.78 is 7.10. The van der Waals surface area contributed by atoms with Gasteiger partial charge >= 0.3 is 0 Å². The van der Waals surface area contributed by atoms with Crippen molar-refractivity contribution in [3.8, 4) is 0 Å². The molecule has 32 heavy (non-hydrogen) atoms. The average molecular weight is 442 g/mol. The van der Waals surface area contributed by atoms with Crippen LogP contribution in [0.3, 0.4) is 0 Å². The zero-order valence-corrected chi connectivity index (χ0v) is 19.1. The van der Waals surface area contributed by atoms with E-state index in [-0.39, 0.29) is 23.5 Å². The molecular formula is C24H35N5O3. The van der Waals surface area contributed by atoms with E-state index >= 15 is 0 Å². The number of carbonyl (C=O) groups is 1. The molecule has 0 spiro atoms. The van der Waals surface area contributed by atoms with Crippen molar-refractivity contribution in [2.24, 2.45) is 0 Å². The molecule has 4 rings (SSSR count). The van der Waals surface area contributed by atoms with E-state index < -0.39 is 5.54 Å². The fourth-order valence-corrected chi connectivity index (χ4v) is 5.12. The number of ether oxygens (including phenoxy) is 1. The highest BCUT2D eigenvalue weighted by atomic mass is 16.5. The molecule has 0 unspecified atom stereocenters. The van der Waals surface area contributed by atoms with Gasteiger partial charge < -0.3 is 15.2 Å². The van der Waals surface area contributed by atoms with Gasteiger partial charge in [0.2, 0.25) is 5.91 Å². The first-order valence-corrected chi connectivity index (χ1v) is 11.6. The number of aromatic nitrogens is 3. The zero-order valence-electron chi connectivity index (χ0n) is 19.1. The molecular weight excluding hydrogens is 406 g/mol. The second kappa shape index (κ2) is 9.68. The Morgan fingerprint density at radius 3 is 2.62 bits per heavy atom. The smallest absolute Gasteiger partial charge is 0.247 e. The maximum atomic E-state index is 13.2. The van der Waals surface area contributed by atoms with Crippen molar-refractivity contribution < 1.29 is 14.6 Å². The van der Waals surface area contributed by atoms with E-state index in [1.807, 2.05) is 19.9 Å². The van der Waals surface area contributed by atoms with Crippen LogP contribution >= 0.6 is 0 Å². The van der Waals surface area contributed by atoms with Gasteiger partial charge in [-0.2, -0.15) is 5.10 Å². The number of benzene rings is 1. The van der Waals surface area contributed by atoms with Crippen molar-refractivity contribution in [2.75, 3.05) is 32.8 Å². The topological polar surface area (TPSA) is 92.5 Å². The lowest BCUT2D eigenvalue weighted by molar-refractivity contribution is -0.129. The molecule has 2 aromatic rings. The van der Waals surface area contributed by atoms with Crippen LogP contribution in [-0.4, -0.2) is 75.7 Å². The zero-order chi connectivity index (χ0) is 22.6. The first kappa shape index (κ1) is 22.9. The minimum absolute atomic E-state index is 0.0900. The number of carbonyl (C=O) groups excluding carboxylic acids is 1. The molecule has 2 heterocycles. The van der Waals surface area contributed by atoms with Crippen molar-refractivity contribution in [2.45, 2.75) is 62.6 Å². The minimum Gasteiger partial charge on any atom is -0.391 e. The number of rotatable bonds is 6. The van der Waals surface area contributed by atoms with Gasteiger partial charge in [-0.1, -0.05) is 30.3 Å². The van der Waals surface area contributed by atoms with Crippen LogP contribution < -0.4 is 5.32 Å². The molecule has 174 valence electrons. The molecule has 8 heteroatoms. The number of aliphatic hydroxyl groups excluding tert-OH is 1. The van der Waals surface area contributed by atoms with E-state index in [9.17, 15) is 9.90 Å². The van der Waals surface area contributed by atoms with E-state index in [0.717, 1.165) is 45.6 Å². The van der Waals surface area contributed by atoms with Crippen molar-refractivity contribution in [3.63, 3.8) is 0 Å². The van der Waals surface area contributed by atoms with Crippen molar-refractivity contribution in [1.29, 1.82) is 0 Å². The van der Waals surface area contributed by atoms with E-state index in [0.29, 0.717) is 13.0 Å². The van der Waals surface area contributed by atoms with Gasteiger partial charge in [-0.25, -0.2) is 9.67 Å². The summed E-state index contributed by atoms with van der Waals surface area (Å²) in [6.45, 7) is 7.39. The number of hydrogen-bond donors (Lipinski definition) is 2. The standard InChI is InChI=1S/C24H35N5O3/c1-23(2,29-18-25-17-27-29)22(31)26-16-24(19-6-4-3-5-7-19)10-8-20(21(30)9-11-24)28-12-14-32-15-13-28/h3-7,17-18,20-21,30H,8-16H2,1-2H3,(H,26,31)/t20-,21-,24-/m1/s1. The Labute approximate surface area is 190 Å². The number of aliphatic hydroxyl groups is 1. The van der Waals surface area contributed by atoms with Crippen LogP contribution in [-0.2, 0) is 20.5 Å². The second-order valence-corrected chi connectivity index (χ2v) is 9.59. The monoisotopic (exact) mass is 441 g/mol. The molecule has 2 N–H and O–H groups in total. The number of nitrogens with one attached hydrogen (secondary N) is 1. The summed E-state index contributed by atoms with van der Waals surface area (Å²) in [6.07, 6.45) is 5.96. The quantitative estimate of drug-likeness (QED) is 0.663. The van der Waals surface area contributed by atoms with E-state index in [1.165, 1.54) is 11.9 Å². The molecule has 2 aliphatic rings. The summed E-state index contributed by atoms with van der Waals surface area (Å²) >= 11 is 0. The molecule has 1 saturated heterocycles. The summed E-state index contributed by atoms with van der Waals surface area (Å²) in [5.74, 6) is -0.0900.